The largest absolute Gasteiger partial charge is 0.398 e. The Labute approximate surface area is 176 Å². The molecule has 1 saturated heterocycles. The molecule has 1 aromatic carbocycles. The summed E-state index contributed by atoms with van der Waals surface area (Å²) in [6.45, 7) is 4.36. The molecule has 2 aromatic rings. The molecule has 30 heavy (non-hydrogen) atoms. The maximum atomic E-state index is 12.8. The van der Waals surface area contributed by atoms with Gasteiger partial charge in [0.25, 0.3) is 5.91 Å². The number of fused-ring (bicyclic) bond motifs is 1. The molecule has 0 bridgehead atoms. The Morgan fingerprint density at radius 2 is 1.93 bits per heavy atom. The monoisotopic (exact) mass is 433 g/mol. The van der Waals surface area contributed by atoms with E-state index >= 15 is 0 Å². The maximum absolute atomic E-state index is 12.8. The molecule has 3 heterocycles. The van der Waals surface area contributed by atoms with Crippen LogP contribution in [0.15, 0.2) is 18.2 Å². The molecule has 4 rings (SSSR count). The van der Waals surface area contributed by atoms with Gasteiger partial charge in [-0.25, -0.2) is 8.42 Å². The predicted molar refractivity (Wildman–Crippen MR) is 116 cm³/mol. The standard InChI is InChI=1S/C19H27N7O3S/c1-24-7-9-25(10-8-24)13-3-4-14(16(20)11-13)19(27)21-18-15-12-26(30(2,28)29)6-5-17(15)22-23-18/h3-4,11H,5-10,12,20H2,1-2H3,(H2,21,22,23,27). The van der Waals surface area contributed by atoms with E-state index in [2.05, 4.69) is 32.4 Å². The second-order valence-electron chi connectivity index (χ2n) is 7.89. The van der Waals surface area contributed by atoms with E-state index in [0.29, 0.717) is 35.6 Å². The Kier molecular flexibility index (Phi) is 5.43. The number of rotatable bonds is 4. The molecule has 0 spiro atoms. The Bertz CT molecular complexity index is 1060. The van der Waals surface area contributed by atoms with Crippen molar-refractivity contribution in [3.63, 3.8) is 0 Å². The molecule has 1 amide bonds. The number of aromatic nitrogens is 2. The van der Waals surface area contributed by atoms with Gasteiger partial charge in [-0.3, -0.25) is 9.89 Å². The number of hydrogen-bond donors (Lipinski definition) is 3. The molecule has 1 fully saturated rings. The van der Waals surface area contributed by atoms with Gasteiger partial charge in [-0.15, -0.1) is 0 Å². The molecule has 10 nitrogen and oxygen atoms in total. The van der Waals surface area contributed by atoms with E-state index in [-0.39, 0.29) is 12.5 Å². The van der Waals surface area contributed by atoms with Crippen molar-refractivity contribution in [3.05, 3.63) is 35.0 Å². The average Bonchev–Trinajstić information content (AvgIpc) is 3.10. The van der Waals surface area contributed by atoms with E-state index in [4.69, 9.17) is 5.73 Å². The number of nitrogens with zero attached hydrogens (tertiary/aromatic N) is 4. The fraction of sp³-hybridized carbons (Fsp3) is 0.474. The molecule has 0 radical (unpaired) electrons. The van der Waals surface area contributed by atoms with Gasteiger partial charge >= 0.3 is 0 Å². The lowest BCUT2D eigenvalue weighted by atomic mass is 10.1. The topological polar surface area (TPSA) is 128 Å². The van der Waals surface area contributed by atoms with Crippen LogP contribution in [0.1, 0.15) is 21.6 Å². The molecule has 11 heteroatoms. The second kappa shape index (κ2) is 7.89. The average molecular weight is 434 g/mol. The minimum absolute atomic E-state index is 0.179. The third-order valence-corrected chi connectivity index (χ3v) is 7.00. The van der Waals surface area contributed by atoms with Gasteiger partial charge in [0.05, 0.1) is 11.8 Å². The van der Waals surface area contributed by atoms with Gasteiger partial charge in [-0.1, -0.05) is 0 Å². The number of amides is 1. The zero-order valence-electron chi connectivity index (χ0n) is 17.2. The number of anilines is 3. The number of piperazine rings is 1. The molecule has 2 aliphatic heterocycles. The number of benzene rings is 1. The van der Waals surface area contributed by atoms with Crippen molar-refractivity contribution in [2.45, 2.75) is 13.0 Å². The minimum atomic E-state index is -3.32. The zero-order valence-corrected chi connectivity index (χ0v) is 18.0. The summed E-state index contributed by atoms with van der Waals surface area (Å²) in [6.07, 6.45) is 1.70. The van der Waals surface area contributed by atoms with Crippen LogP contribution in [0.4, 0.5) is 17.2 Å². The highest BCUT2D eigenvalue weighted by Gasteiger charge is 2.28. The molecular formula is C19H27N7O3S. The maximum Gasteiger partial charge on any atom is 0.258 e. The highest BCUT2D eigenvalue weighted by atomic mass is 32.2. The van der Waals surface area contributed by atoms with Crippen molar-refractivity contribution in [1.82, 2.24) is 19.4 Å². The number of carbonyl (C=O) groups is 1. The lowest BCUT2D eigenvalue weighted by molar-refractivity contribution is 0.102. The third-order valence-electron chi connectivity index (χ3n) is 5.75. The Morgan fingerprint density at radius 3 is 2.60 bits per heavy atom. The van der Waals surface area contributed by atoms with Crippen LogP contribution in [0, 0.1) is 0 Å². The molecule has 0 unspecified atom stereocenters. The van der Waals surface area contributed by atoms with Gasteiger partial charge < -0.3 is 20.9 Å². The van der Waals surface area contributed by atoms with Gasteiger partial charge in [0.15, 0.2) is 5.82 Å². The van der Waals surface area contributed by atoms with Crippen molar-refractivity contribution < 1.29 is 13.2 Å². The molecule has 0 atom stereocenters. The minimum Gasteiger partial charge on any atom is -0.398 e. The summed E-state index contributed by atoms with van der Waals surface area (Å²) in [4.78, 5) is 17.4. The molecule has 0 saturated carbocycles. The van der Waals surface area contributed by atoms with Gasteiger partial charge in [-0.05, 0) is 25.2 Å². The lowest BCUT2D eigenvalue weighted by Gasteiger charge is -2.34. The molecular weight excluding hydrogens is 406 g/mol. The summed E-state index contributed by atoms with van der Waals surface area (Å²) in [5, 5.41) is 9.85. The van der Waals surface area contributed by atoms with Gasteiger partial charge in [0.1, 0.15) is 0 Å². The SMILES string of the molecule is CN1CCN(c2ccc(C(=O)Nc3n[nH]c4c3CN(S(C)(=O)=O)CC4)c(N)c2)CC1. The Morgan fingerprint density at radius 1 is 1.20 bits per heavy atom. The van der Waals surface area contributed by atoms with Crippen LogP contribution >= 0.6 is 0 Å². The van der Waals surface area contributed by atoms with E-state index in [1.54, 1.807) is 6.07 Å². The smallest absolute Gasteiger partial charge is 0.258 e. The molecule has 4 N–H and O–H groups in total. The Balaban J connectivity index is 1.49. The molecule has 0 aliphatic carbocycles. The van der Waals surface area contributed by atoms with Crippen molar-refractivity contribution in [2.24, 2.45) is 0 Å². The van der Waals surface area contributed by atoms with Crippen LogP contribution in [0.5, 0.6) is 0 Å². The lowest BCUT2D eigenvalue weighted by Crippen LogP contribution is -2.44. The first kappa shape index (κ1) is 20.6. The summed E-state index contributed by atoms with van der Waals surface area (Å²) in [6, 6.07) is 5.45. The van der Waals surface area contributed by atoms with Gasteiger partial charge in [-0.2, -0.15) is 9.40 Å². The van der Waals surface area contributed by atoms with E-state index < -0.39 is 10.0 Å². The fourth-order valence-electron chi connectivity index (χ4n) is 3.85. The van der Waals surface area contributed by atoms with E-state index in [0.717, 1.165) is 37.6 Å². The van der Waals surface area contributed by atoms with Crippen molar-refractivity contribution >= 4 is 33.1 Å². The normalized spacial score (nSPS) is 18.3. The number of aromatic amines is 1. The number of sulfonamides is 1. The number of nitrogens with one attached hydrogen (secondary N) is 2. The van der Waals surface area contributed by atoms with Crippen molar-refractivity contribution in [1.29, 1.82) is 0 Å². The summed E-state index contributed by atoms with van der Waals surface area (Å²) < 4.78 is 25.1. The number of nitrogen functional groups attached to an aromatic ring is 1. The fourth-order valence-corrected chi connectivity index (χ4v) is 4.64. The van der Waals surface area contributed by atoms with Gasteiger partial charge in [0.2, 0.25) is 10.0 Å². The third kappa shape index (κ3) is 4.13. The van der Waals surface area contributed by atoms with Crippen LogP contribution < -0.4 is 16.0 Å². The zero-order chi connectivity index (χ0) is 21.5. The van der Waals surface area contributed by atoms with E-state index in [9.17, 15) is 13.2 Å². The van der Waals surface area contributed by atoms with Crippen LogP contribution in [0.3, 0.4) is 0 Å². The van der Waals surface area contributed by atoms with Gasteiger partial charge in [0, 0.05) is 68.3 Å². The van der Waals surface area contributed by atoms with Crippen LogP contribution in [-0.4, -0.2) is 79.8 Å². The van der Waals surface area contributed by atoms with Crippen LogP contribution in [0.2, 0.25) is 0 Å². The number of carbonyl (C=O) groups excluding carboxylic acids is 1. The van der Waals surface area contributed by atoms with E-state index in [1.165, 1.54) is 10.6 Å². The second-order valence-corrected chi connectivity index (χ2v) is 9.87. The van der Waals surface area contributed by atoms with Crippen molar-refractivity contribution in [2.75, 3.05) is 62.0 Å². The first-order valence-corrected chi connectivity index (χ1v) is 11.7. The highest BCUT2D eigenvalue weighted by molar-refractivity contribution is 7.88. The van der Waals surface area contributed by atoms with Crippen LogP contribution in [0.25, 0.3) is 0 Å². The number of likely N-dealkylation sites (N-methyl/N-ethyl adjacent to an activating group) is 1. The summed E-state index contributed by atoms with van der Waals surface area (Å²) in [7, 11) is -1.22. The van der Waals surface area contributed by atoms with E-state index in [1.807, 2.05) is 12.1 Å². The molecule has 162 valence electrons. The van der Waals surface area contributed by atoms with Crippen LogP contribution in [-0.2, 0) is 23.0 Å². The molecule has 2 aliphatic rings. The summed E-state index contributed by atoms with van der Waals surface area (Å²) in [5.74, 6) is -0.0332. The van der Waals surface area contributed by atoms with Crippen molar-refractivity contribution in [3.8, 4) is 0 Å². The summed E-state index contributed by atoms with van der Waals surface area (Å²) >= 11 is 0. The Hall–Kier alpha value is -2.63. The highest BCUT2D eigenvalue weighted by Crippen LogP contribution is 2.27. The first-order chi connectivity index (χ1) is 14.2. The summed E-state index contributed by atoms with van der Waals surface area (Å²) in [5.41, 5.74) is 9.47. The number of hydrogen-bond acceptors (Lipinski definition) is 7. The quantitative estimate of drug-likeness (QED) is 0.592. The predicted octanol–water partition coefficient (Wildman–Crippen LogP) is 0.314. The number of nitrogens with two attached hydrogens (primary N) is 1. The molecule has 1 aromatic heterocycles. The number of H-pyrrole nitrogens is 1. The first-order valence-electron chi connectivity index (χ1n) is 9.88.